The zero-order valence-electron chi connectivity index (χ0n) is 11.8. The molecule has 20 heavy (non-hydrogen) atoms. The number of nitrogens with one attached hydrogen (secondary N) is 1. The van der Waals surface area contributed by atoms with Crippen molar-refractivity contribution in [3.8, 4) is 0 Å². The summed E-state index contributed by atoms with van der Waals surface area (Å²) in [7, 11) is -2.09. The van der Waals surface area contributed by atoms with Crippen LogP contribution in [-0.4, -0.2) is 33.2 Å². The Morgan fingerprint density at radius 1 is 1.50 bits per heavy atom. The Kier molecular flexibility index (Phi) is 6.07. The van der Waals surface area contributed by atoms with Crippen molar-refractivity contribution in [2.75, 3.05) is 13.7 Å². The van der Waals surface area contributed by atoms with Gasteiger partial charge in [0.15, 0.2) is 0 Å². The average Bonchev–Trinajstić information content (AvgIpc) is 2.37. The maximum atomic E-state index is 12.4. The van der Waals surface area contributed by atoms with E-state index in [-0.39, 0.29) is 15.9 Å². The van der Waals surface area contributed by atoms with Crippen LogP contribution >= 0.6 is 12.2 Å². The first kappa shape index (κ1) is 17.0. The van der Waals surface area contributed by atoms with Gasteiger partial charge in [0.25, 0.3) is 0 Å². The quantitative estimate of drug-likeness (QED) is 0.742. The molecule has 0 saturated carbocycles. The summed E-state index contributed by atoms with van der Waals surface area (Å²) in [4.78, 5) is 0.364. The zero-order valence-corrected chi connectivity index (χ0v) is 13.5. The molecule has 0 spiro atoms. The molecular weight excluding hydrogens is 296 g/mol. The van der Waals surface area contributed by atoms with E-state index < -0.39 is 10.0 Å². The predicted molar refractivity (Wildman–Crippen MR) is 83.3 cm³/mol. The van der Waals surface area contributed by atoms with E-state index in [2.05, 4.69) is 4.72 Å². The fourth-order valence-corrected chi connectivity index (χ4v) is 3.46. The lowest BCUT2D eigenvalue weighted by molar-refractivity contribution is 0.173. The van der Waals surface area contributed by atoms with E-state index in [1.807, 2.05) is 6.92 Å². The minimum absolute atomic E-state index is 0.172. The third kappa shape index (κ3) is 4.24. The monoisotopic (exact) mass is 316 g/mol. The molecule has 112 valence electrons. The smallest absolute Gasteiger partial charge is 0.241 e. The number of ether oxygens (including phenoxy) is 1. The number of sulfonamides is 1. The van der Waals surface area contributed by atoms with Gasteiger partial charge in [-0.1, -0.05) is 31.3 Å². The summed E-state index contributed by atoms with van der Waals surface area (Å²) in [5.74, 6) is 0. The van der Waals surface area contributed by atoms with Crippen molar-refractivity contribution in [2.45, 2.75) is 31.2 Å². The maximum Gasteiger partial charge on any atom is 0.241 e. The van der Waals surface area contributed by atoms with Gasteiger partial charge in [0.1, 0.15) is 4.99 Å². The van der Waals surface area contributed by atoms with Crippen molar-refractivity contribution in [3.63, 3.8) is 0 Å². The summed E-state index contributed by atoms with van der Waals surface area (Å²) in [6.07, 6.45) is 0.640. The molecule has 7 heteroatoms. The molecule has 0 aliphatic heterocycles. The van der Waals surface area contributed by atoms with Gasteiger partial charge in [0.2, 0.25) is 10.0 Å². The molecule has 0 aliphatic carbocycles. The normalized spacial score (nSPS) is 13.2. The highest BCUT2D eigenvalue weighted by Crippen LogP contribution is 2.18. The van der Waals surface area contributed by atoms with E-state index in [1.54, 1.807) is 19.1 Å². The van der Waals surface area contributed by atoms with E-state index in [0.29, 0.717) is 24.2 Å². The van der Waals surface area contributed by atoms with Crippen LogP contribution in [0.25, 0.3) is 0 Å². The van der Waals surface area contributed by atoms with E-state index in [4.69, 9.17) is 22.7 Å². The van der Waals surface area contributed by atoms with Gasteiger partial charge in [-0.25, -0.2) is 13.1 Å². The van der Waals surface area contributed by atoms with Crippen LogP contribution in [-0.2, 0) is 14.8 Å². The number of hydrogen-bond donors (Lipinski definition) is 2. The number of rotatable bonds is 7. The van der Waals surface area contributed by atoms with Gasteiger partial charge in [-0.15, -0.1) is 0 Å². The fraction of sp³-hybridized carbons (Fsp3) is 0.462. The zero-order chi connectivity index (χ0) is 15.3. The van der Waals surface area contributed by atoms with Crippen LogP contribution in [0.5, 0.6) is 0 Å². The summed E-state index contributed by atoms with van der Waals surface area (Å²) in [6, 6.07) is 4.64. The van der Waals surface area contributed by atoms with Crippen LogP contribution in [0.1, 0.15) is 24.5 Å². The molecule has 1 rings (SSSR count). The minimum atomic E-state index is -3.63. The first-order chi connectivity index (χ1) is 9.31. The Labute approximate surface area is 125 Å². The lowest BCUT2D eigenvalue weighted by atomic mass is 10.1. The predicted octanol–water partition coefficient (Wildman–Crippen LogP) is 1.33. The summed E-state index contributed by atoms with van der Waals surface area (Å²) >= 11 is 4.88. The molecule has 3 N–H and O–H groups in total. The van der Waals surface area contributed by atoms with Crippen molar-refractivity contribution >= 4 is 27.2 Å². The topological polar surface area (TPSA) is 81.4 Å². The molecule has 0 heterocycles. The molecule has 0 amide bonds. The molecule has 1 aromatic rings. The van der Waals surface area contributed by atoms with E-state index >= 15 is 0 Å². The first-order valence-corrected chi connectivity index (χ1v) is 8.12. The first-order valence-electron chi connectivity index (χ1n) is 6.23. The summed E-state index contributed by atoms with van der Waals surface area (Å²) in [5, 5.41) is 0. The van der Waals surface area contributed by atoms with Crippen LogP contribution < -0.4 is 10.5 Å². The van der Waals surface area contributed by atoms with Gasteiger partial charge in [-0.2, -0.15) is 0 Å². The van der Waals surface area contributed by atoms with Gasteiger partial charge in [-0.3, -0.25) is 0 Å². The molecule has 0 aromatic heterocycles. The third-order valence-electron chi connectivity index (χ3n) is 2.94. The Morgan fingerprint density at radius 3 is 2.65 bits per heavy atom. The second-order valence-electron chi connectivity index (χ2n) is 4.53. The van der Waals surface area contributed by atoms with Gasteiger partial charge in [0, 0.05) is 18.7 Å². The van der Waals surface area contributed by atoms with Crippen LogP contribution in [0.3, 0.4) is 0 Å². The number of aryl methyl sites for hydroxylation is 1. The van der Waals surface area contributed by atoms with Gasteiger partial charge >= 0.3 is 0 Å². The van der Waals surface area contributed by atoms with Gasteiger partial charge < -0.3 is 10.5 Å². The second kappa shape index (κ2) is 7.12. The molecule has 0 saturated heterocycles. The molecular formula is C13H20N2O3S2. The highest BCUT2D eigenvalue weighted by Gasteiger charge is 2.21. The molecule has 1 aromatic carbocycles. The minimum Gasteiger partial charge on any atom is -0.389 e. The van der Waals surface area contributed by atoms with Crippen molar-refractivity contribution in [3.05, 3.63) is 29.3 Å². The van der Waals surface area contributed by atoms with Crippen LogP contribution in [0.2, 0.25) is 0 Å². The Morgan fingerprint density at radius 2 is 2.15 bits per heavy atom. The lowest BCUT2D eigenvalue weighted by Crippen LogP contribution is -2.37. The van der Waals surface area contributed by atoms with E-state index in [9.17, 15) is 8.42 Å². The Balaban J connectivity index is 3.14. The average molecular weight is 316 g/mol. The molecule has 0 bridgehead atoms. The summed E-state index contributed by atoms with van der Waals surface area (Å²) < 4.78 is 32.5. The molecule has 1 unspecified atom stereocenters. The summed E-state index contributed by atoms with van der Waals surface area (Å²) in [6.45, 7) is 3.95. The second-order valence-corrected chi connectivity index (χ2v) is 6.65. The summed E-state index contributed by atoms with van der Waals surface area (Å²) in [5.41, 5.74) is 6.72. The highest BCUT2D eigenvalue weighted by atomic mass is 32.2. The van der Waals surface area contributed by atoms with Crippen molar-refractivity contribution < 1.29 is 13.2 Å². The van der Waals surface area contributed by atoms with Crippen molar-refractivity contribution in [2.24, 2.45) is 5.73 Å². The van der Waals surface area contributed by atoms with Gasteiger partial charge in [0.05, 0.1) is 11.5 Å². The number of methoxy groups -OCH3 is 1. The van der Waals surface area contributed by atoms with Crippen molar-refractivity contribution in [1.82, 2.24) is 4.72 Å². The molecule has 0 fully saturated rings. The maximum absolute atomic E-state index is 12.4. The van der Waals surface area contributed by atoms with Crippen molar-refractivity contribution in [1.29, 1.82) is 0 Å². The Hall–Kier alpha value is -1.02. The number of nitrogens with two attached hydrogens (primary N) is 1. The standard InChI is InChI=1S/C13H20N2O3S2/c1-4-11(8-18-3)15-20(16,17)12-7-10(13(14)19)6-5-9(12)2/h5-7,11,15H,4,8H2,1-3H3,(H2,14,19). The SMILES string of the molecule is CCC(COC)NS(=O)(=O)c1cc(C(N)=S)ccc1C. The van der Waals surface area contributed by atoms with Gasteiger partial charge in [-0.05, 0) is 25.0 Å². The molecule has 0 aliphatic rings. The molecule has 0 radical (unpaired) electrons. The third-order valence-corrected chi connectivity index (χ3v) is 4.84. The highest BCUT2D eigenvalue weighted by molar-refractivity contribution is 7.89. The molecule has 5 nitrogen and oxygen atoms in total. The van der Waals surface area contributed by atoms with Crippen LogP contribution in [0.4, 0.5) is 0 Å². The van der Waals surface area contributed by atoms with E-state index in [1.165, 1.54) is 13.2 Å². The Bertz CT molecular complexity index is 585. The lowest BCUT2D eigenvalue weighted by Gasteiger charge is -2.17. The fourth-order valence-electron chi connectivity index (χ4n) is 1.76. The van der Waals surface area contributed by atoms with Crippen LogP contribution in [0.15, 0.2) is 23.1 Å². The van der Waals surface area contributed by atoms with E-state index in [0.717, 1.165) is 0 Å². The number of hydrogen-bond acceptors (Lipinski definition) is 4. The number of thiocarbonyl (C=S) groups is 1. The molecule has 1 atom stereocenters. The number of benzene rings is 1. The largest absolute Gasteiger partial charge is 0.389 e. The van der Waals surface area contributed by atoms with Crippen LogP contribution in [0, 0.1) is 6.92 Å².